The highest BCUT2D eigenvalue weighted by Crippen LogP contribution is 2.17. The van der Waals surface area contributed by atoms with Gasteiger partial charge in [0.15, 0.2) is 0 Å². The summed E-state index contributed by atoms with van der Waals surface area (Å²) in [5.41, 5.74) is 1.25. The van der Waals surface area contributed by atoms with Crippen LogP contribution in [0, 0.1) is 6.92 Å². The third-order valence-electron chi connectivity index (χ3n) is 3.18. The van der Waals surface area contributed by atoms with E-state index in [1.165, 1.54) is 11.3 Å². The van der Waals surface area contributed by atoms with E-state index in [9.17, 15) is 9.59 Å². The molecule has 0 amide bonds. The number of thiophene rings is 1. The van der Waals surface area contributed by atoms with Crippen LogP contribution in [0.15, 0.2) is 20.8 Å². The molecule has 0 aliphatic carbocycles. The second-order valence-electron chi connectivity index (χ2n) is 4.64. The number of nitrogens with one attached hydrogen (secondary N) is 1. The minimum Gasteiger partial charge on any atom is -0.454 e. The number of rotatable bonds is 4. The maximum atomic E-state index is 12.1. The van der Waals surface area contributed by atoms with Gasteiger partial charge in [-0.2, -0.15) is 0 Å². The normalized spacial score (nSPS) is 11.0. The summed E-state index contributed by atoms with van der Waals surface area (Å²) in [5.74, 6) is 0.177. The fourth-order valence-electron chi connectivity index (χ4n) is 2.12. The van der Waals surface area contributed by atoms with Gasteiger partial charge in [0.1, 0.15) is 28.5 Å². The van der Waals surface area contributed by atoms with Crippen molar-refractivity contribution in [2.24, 2.45) is 0 Å². The van der Waals surface area contributed by atoms with Gasteiger partial charge in [0, 0.05) is 0 Å². The Morgan fingerprint density at radius 1 is 1.50 bits per heavy atom. The van der Waals surface area contributed by atoms with E-state index in [2.05, 4.69) is 15.1 Å². The van der Waals surface area contributed by atoms with Gasteiger partial charge in [-0.25, -0.2) is 9.78 Å². The van der Waals surface area contributed by atoms with Gasteiger partial charge in [-0.3, -0.25) is 4.79 Å². The molecule has 0 atom stereocenters. The molecule has 0 aromatic carbocycles. The molecule has 0 radical (unpaired) electrons. The lowest BCUT2D eigenvalue weighted by atomic mass is 10.1. The molecule has 8 heteroatoms. The van der Waals surface area contributed by atoms with Gasteiger partial charge in [0.05, 0.1) is 11.2 Å². The third kappa shape index (κ3) is 2.52. The molecular weight excluding hydrogens is 306 g/mol. The molecule has 3 rings (SSSR count). The fourth-order valence-corrected chi connectivity index (χ4v) is 2.84. The quantitative estimate of drug-likeness (QED) is 0.740. The molecule has 22 heavy (non-hydrogen) atoms. The van der Waals surface area contributed by atoms with Crippen LogP contribution < -0.4 is 5.56 Å². The summed E-state index contributed by atoms with van der Waals surface area (Å²) in [5, 5.41) is 5.60. The zero-order chi connectivity index (χ0) is 15.7. The van der Waals surface area contributed by atoms with Crippen molar-refractivity contribution in [3.8, 4) is 0 Å². The molecule has 0 aliphatic heterocycles. The predicted molar refractivity (Wildman–Crippen MR) is 80.0 cm³/mol. The van der Waals surface area contributed by atoms with Gasteiger partial charge < -0.3 is 14.2 Å². The Kier molecular flexibility index (Phi) is 3.76. The van der Waals surface area contributed by atoms with Crippen molar-refractivity contribution < 1.29 is 14.1 Å². The zero-order valence-corrected chi connectivity index (χ0v) is 12.8. The summed E-state index contributed by atoms with van der Waals surface area (Å²) < 4.78 is 10.8. The third-order valence-corrected chi connectivity index (χ3v) is 4.08. The highest BCUT2D eigenvalue weighted by molar-refractivity contribution is 7.17. The number of carbonyl (C=O) groups excluding carboxylic acids is 1. The van der Waals surface area contributed by atoms with E-state index in [4.69, 9.17) is 9.26 Å². The van der Waals surface area contributed by atoms with Crippen LogP contribution in [0.4, 0.5) is 0 Å². The molecule has 7 nitrogen and oxygen atoms in total. The number of hydrogen-bond acceptors (Lipinski definition) is 7. The number of nitrogens with zero attached hydrogens (tertiary/aromatic N) is 2. The Balaban J connectivity index is 1.80. The largest absolute Gasteiger partial charge is 0.454 e. The summed E-state index contributed by atoms with van der Waals surface area (Å²) in [7, 11) is 0. The molecular formula is C14H13N3O4S. The number of aromatic nitrogens is 3. The molecule has 0 aliphatic rings. The Bertz CT molecular complexity index is 893. The van der Waals surface area contributed by atoms with Crippen LogP contribution in [0.5, 0.6) is 0 Å². The molecule has 3 aromatic rings. The first kappa shape index (κ1) is 14.5. The Labute approximate surface area is 128 Å². The van der Waals surface area contributed by atoms with Crippen LogP contribution in [0.2, 0.25) is 0 Å². The van der Waals surface area contributed by atoms with Crippen LogP contribution >= 0.6 is 11.3 Å². The van der Waals surface area contributed by atoms with Gasteiger partial charge >= 0.3 is 5.97 Å². The number of esters is 1. The topological polar surface area (TPSA) is 98.1 Å². The van der Waals surface area contributed by atoms with Gasteiger partial charge in [0.2, 0.25) is 0 Å². The second-order valence-corrected chi connectivity index (χ2v) is 5.55. The Morgan fingerprint density at radius 2 is 2.32 bits per heavy atom. The number of aromatic amines is 1. The average molecular weight is 319 g/mol. The average Bonchev–Trinajstić information content (AvgIpc) is 3.11. The minimum atomic E-state index is -0.538. The smallest absolute Gasteiger partial charge is 0.344 e. The molecule has 0 saturated heterocycles. The SMILES string of the molecule is CCc1noc(C)c1C(=O)OCc1nc2ccsc2c(=O)[nH]1. The van der Waals surface area contributed by atoms with Crippen LogP contribution in [0.1, 0.15) is 34.6 Å². The summed E-state index contributed by atoms with van der Waals surface area (Å²) in [4.78, 5) is 30.8. The molecule has 0 bridgehead atoms. The molecule has 3 aromatic heterocycles. The van der Waals surface area contributed by atoms with Gasteiger partial charge in [-0.1, -0.05) is 12.1 Å². The molecule has 0 spiro atoms. The number of hydrogen-bond donors (Lipinski definition) is 1. The van der Waals surface area contributed by atoms with Crippen LogP contribution in [-0.2, 0) is 17.8 Å². The van der Waals surface area contributed by atoms with Gasteiger partial charge in [-0.15, -0.1) is 11.3 Å². The first-order valence-electron chi connectivity index (χ1n) is 6.68. The number of ether oxygens (including phenoxy) is 1. The number of fused-ring (bicyclic) bond motifs is 1. The van der Waals surface area contributed by atoms with Crippen molar-refractivity contribution in [1.29, 1.82) is 0 Å². The van der Waals surface area contributed by atoms with Crippen molar-refractivity contribution in [3.63, 3.8) is 0 Å². The Morgan fingerprint density at radius 3 is 3.09 bits per heavy atom. The van der Waals surface area contributed by atoms with E-state index in [0.29, 0.717) is 39.5 Å². The number of carbonyl (C=O) groups is 1. The van der Waals surface area contributed by atoms with E-state index >= 15 is 0 Å². The first-order chi connectivity index (χ1) is 10.6. The van der Waals surface area contributed by atoms with Crippen molar-refractivity contribution >= 4 is 27.5 Å². The molecule has 0 fully saturated rings. The fraction of sp³-hybridized carbons (Fsp3) is 0.286. The summed E-state index contributed by atoms with van der Waals surface area (Å²) in [6.07, 6.45) is 0.567. The maximum Gasteiger partial charge on any atom is 0.344 e. The van der Waals surface area contributed by atoms with E-state index < -0.39 is 5.97 Å². The van der Waals surface area contributed by atoms with Gasteiger partial charge in [0.25, 0.3) is 5.56 Å². The molecule has 114 valence electrons. The first-order valence-corrected chi connectivity index (χ1v) is 7.56. The number of H-pyrrole nitrogens is 1. The summed E-state index contributed by atoms with van der Waals surface area (Å²) >= 11 is 1.32. The summed E-state index contributed by atoms with van der Waals surface area (Å²) in [6.45, 7) is 3.41. The van der Waals surface area contributed by atoms with E-state index in [1.54, 1.807) is 18.4 Å². The van der Waals surface area contributed by atoms with E-state index in [1.807, 2.05) is 6.92 Å². The lowest BCUT2D eigenvalue weighted by molar-refractivity contribution is 0.0459. The van der Waals surface area contributed by atoms with Crippen LogP contribution in [0.3, 0.4) is 0 Å². The summed E-state index contributed by atoms with van der Waals surface area (Å²) in [6, 6.07) is 1.75. The van der Waals surface area contributed by atoms with E-state index in [0.717, 1.165) is 0 Å². The second kappa shape index (κ2) is 5.72. The Hall–Kier alpha value is -2.48. The lowest BCUT2D eigenvalue weighted by Gasteiger charge is -2.04. The van der Waals surface area contributed by atoms with Crippen molar-refractivity contribution in [2.75, 3.05) is 0 Å². The zero-order valence-electron chi connectivity index (χ0n) is 12.0. The monoisotopic (exact) mass is 319 g/mol. The number of aryl methyl sites for hydroxylation is 2. The van der Waals surface area contributed by atoms with Crippen molar-refractivity contribution in [1.82, 2.24) is 15.1 Å². The van der Waals surface area contributed by atoms with E-state index in [-0.39, 0.29) is 12.2 Å². The maximum absolute atomic E-state index is 12.1. The molecule has 3 heterocycles. The van der Waals surface area contributed by atoms with Crippen LogP contribution in [-0.4, -0.2) is 21.1 Å². The van der Waals surface area contributed by atoms with Gasteiger partial charge in [-0.05, 0) is 24.8 Å². The minimum absolute atomic E-state index is 0.117. The van der Waals surface area contributed by atoms with Crippen LogP contribution in [0.25, 0.3) is 10.2 Å². The highest BCUT2D eigenvalue weighted by atomic mass is 32.1. The van der Waals surface area contributed by atoms with Crippen molar-refractivity contribution in [3.05, 3.63) is 44.6 Å². The van der Waals surface area contributed by atoms with Crippen molar-refractivity contribution in [2.45, 2.75) is 26.9 Å². The molecule has 1 N–H and O–H groups in total. The predicted octanol–water partition coefficient (Wildman–Crippen LogP) is 2.20. The molecule has 0 unspecified atom stereocenters. The molecule has 0 saturated carbocycles. The lowest BCUT2D eigenvalue weighted by Crippen LogP contribution is -2.14. The highest BCUT2D eigenvalue weighted by Gasteiger charge is 2.21. The standard InChI is InChI=1S/C14H13N3O4S/c1-3-8-11(7(2)21-17-8)14(19)20-6-10-15-9-4-5-22-12(9)13(18)16-10/h4-5H,3,6H2,1-2H3,(H,15,16,18).